The molecule has 2 amide bonds. The summed E-state index contributed by atoms with van der Waals surface area (Å²) in [6.45, 7) is 8.68. The maximum absolute atomic E-state index is 13.0. The van der Waals surface area contributed by atoms with Crippen LogP contribution in [0.2, 0.25) is 0 Å². The number of carbonyl (C=O) groups is 2. The largest absolute Gasteiger partial charge is 0.490 e. The van der Waals surface area contributed by atoms with Gasteiger partial charge in [-0.1, -0.05) is 18.3 Å². The Morgan fingerprint density at radius 3 is 2.16 bits per heavy atom. The third kappa shape index (κ3) is 5.47. The van der Waals surface area contributed by atoms with Gasteiger partial charge in [0.05, 0.1) is 30.0 Å². The fourth-order valence-corrected chi connectivity index (χ4v) is 3.85. The van der Waals surface area contributed by atoms with Crippen molar-refractivity contribution in [3.63, 3.8) is 0 Å². The van der Waals surface area contributed by atoms with Gasteiger partial charge in [-0.25, -0.2) is 4.98 Å². The van der Waals surface area contributed by atoms with E-state index in [9.17, 15) is 9.59 Å². The van der Waals surface area contributed by atoms with Crippen molar-refractivity contribution in [2.75, 3.05) is 30.5 Å². The van der Waals surface area contributed by atoms with E-state index in [0.29, 0.717) is 65.4 Å². The molecule has 170 valence electrons. The predicted molar refractivity (Wildman–Crippen MR) is 126 cm³/mol. The minimum absolute atomic E-state index is 0.0942. The molecule has 0 aliphatic rings. The van der Waals surface area contributed by atoms with Crippen molar-refractivity contribution in [1.29, 1.82) is 0 Å². The van der Waals surface area contributed by atoms with E-state index in [0.717, 1.165) is 4.70 Å². The van der Waals surface area contributed by atoms with Gasteiger partial charge in [0.25, 0.3) is 5.91 Å². The fourth-order valence-electron chi connectivity index (χ4n) is 2.99. The van der Waals surface area contributed by atoms with Gasteiger partial charge >= 0.3 is 0 Å². The molecule has 0 saturated heterocycles. The van der Waals surface area contributed by atoms with E-state index in [2.05, 4.69) is 15.6 Å². The normalized spacial score (nSPS) is 10.6. The summed E-state index contributed by atoms with van der Waals surface area (Å²) in [6, 6.07) is 8.72. The molecule has 0 aliphatic carbocycles. The summed E-state index contributed by atoms with van der Waals surface area (Å²) in [4.78, 5) is 29.0. The van der Waals surface area contributed by atoms with Crippen LogP contribution in [0.1, 0.15) is 44.5 Å². The zero-order valence-corrected chi connectivity index (χ0v) is 19.4. The summed E-state index contributed by atoms with van der Waals surface area (Å²) < 4.78 is 18.0. The van der Waals surface area contributed by atoms with Gasteiger partial charge in [-0.05, 0) is 51.1 Å². The molecule has 8 nitrogen and oxygen atoms in total. The first-order valence-electron chi connectivity index (χ1n) is 10.6. The molecule has 0 atom stereocenters. The summed E-state index contributed by atoms with van der Waals surface area (Å²) in [7, 11) is 0. The van der Waals surface area contributed by atoms with Gasteiger partial charge in [0.2, 0.25) is 11.7 Å². The minimum atomic E-state index is -0.316. The highest BCUT2D eigenvalue weighted by molar-refractivity contribution is 7.22. The lowest BCUT2D eigenvalue weighted by atomic mass is 10.1. The number of benzene rings is 2. The SMILES string of the molecule is CCOc1cc(C(=O)Nc2ccc3sc(NC(=O)CC)nc3c2)cc(OCC)c1OCC. The molecule has 1 heterocycles. The average Bonchev–Trinajstić information content (AvgIpc) is 3.17. The second-order valence-electron chi connectivity index (χ2n) is 6.66. The molecule has 2 N–H and O–H groups in total. The molecule has 0 unspecified atom stereocenters. The Morgan fingerprint density at radius 1 is 0.906 bits per heavy atom. The molecule has 0 spiro atoms. The van der Waals surface area contributed by atoms with Crippen LogP contribution in [0.3, 0.4) is 0 Å². The van der Waals surface area contributed by atoms with Crippen molar-refractivity contribution in [2.24, 2.45) is 0 Å². The van der Waals surface area contributed by atoms with E-state index in [-0.39, 0.29) is 11.8 Å². The highest BCUT2D eigenvalue weighted by Crippen LogP contribution is 2.39. The molecular weight excluding hydrogens is 430 g/mol. The molecule has 0 aliphatic heterocycles. The van der Waals surface area contributed by atoms with E-state index in [1.807, 2.05) is 26.8 Å². The maximum Gasteiger partial charge on any atom is 0.255 e. The summed E-state index contributed by atoms with van der Waals surface area (Å²) in [6.07, 6.45) is 0.382. The van der Waals surface area contributed by atoms with Crippen molar-refractivity contribution in [2.45, 2.75) is 34.1 Å². The van der Waals surface area contributed by atoms with Gasteiger partial charge in [0, 0.05) is 17.7 Å². The summed E-state index contributed by atoms with van der Waals surface area (Å²) >= 11 is 1.38. The van der Waals surface area contributed by atoms with Crippen LogP contribution >= 0.6 is 11.3 Å². The summed E-state index contributed by atoms with van der Waals surface area (Å²) in [5, 5.41) is 6.18. The third-order valence-corrected chi connectivity index (χ3v) is 5.34. The number of carbonyl (C=O) groups excluding carboxylic acids is 2. The lowest BCUT2D eigenvalue weighted by Gasteiger charge is -2.17. The van der Waals surface area contributed by atoms with E-state index < -0.39 is 0 Å². The number of ether oxygens (including phenoxy) is 3. The van der Waals surface area contributed by atoms with Crippen molar-refractivity contribution in [3.05, 3.63) is 35.9 Å². The van der Waals surface area contributed by atoms with Gasteiger partial charge < -0.3 is 24.8 Å². The number of fused-ring (bicyclic) bond motifs is 1. The topological polar surface area (TPSA) is 98.8 Å². The van der Waals surface area contributed by atoms with Gasteiger partial charge in [-0.15, -0.1) is 0 Å². The van der Waals surface area contributed by atoms with Crippen LogP contribution in [0.5, 0.6) is 17.2 Å². The van der Waals surface area contributed by atoms with Gasteiger partial charge in [-0.3, -0.25) is 9.59 Å². The first-order chi connectivity index (χ1) is 15.5. The summed E-state index contributed by atoms with van der Waals surface area (Å²) in [5.74, 6) is 0.985. The lowest BCUT2D eigenvalue weighted by Crippen LogP contribution is -2.13. The minimum Gasteiger partial charge on any atom is -0.490 e. The molecule has 1 aromatic heterocycles. The molecule has 9 heteroatoms. The lowest BCUT2D eigenvalue weighted by molar-refractivity contribution is -0.115. The maximum atomic E-state index is 13.0. The van der Waals surface area contributed by atoms with Gasteiger partial charge in [0.1, 0.15) is 0 Å². The standard InChI is InChI=1S/C23H27N3O5S/c1-5-20(27)26-23-25-16-13-15(9-10-19(16)32-23)24-22(28)14-11-17(29-6-2)21(31-8-4)18(12-14)30-7-3/h9-13H,5-8H2,1-4H3,(H,24,28)(H,25,26,27). The number of thiazole rings is 1. The van der Waals surface area contributed by atoms with Crippen molar-refractivity contribution >= 4 is 44.2 Å². The Morgan fingerprint density at radius 2 is 1.56 bits per heavy atom. The first kappa shape index (κ1) is 23.3. The van der Waals surface area contributed by atoms with Crippen LogP contribution in [0, 0.1) is 0 Å². The Bertz CT molecular complexity index is 1090. The van der Waals surface area contributed by atoms with Crippen molar-refractivity contribution in [1.82, 2.24) is 4.98 Å². The second kappa shape index (κ2) is 10.8. The van der Waals surface area contributed by atoms with E-state index in [1.54, 1.807) is 31.2 Å². The average molecular weight is 458 g/mol. The monoisotopic (exact) mass is 457 g/mol. The second-order valence-corrected chi connectivity index (χ2v) is 7.69. The zero-order valence-electron chi connectivity index (χ0n) is 18.6. The molecule has 3 rings (SSSR count). The van der Waals surface area contributed by atoms with E-state index in [4.69, 9.17) is 14.2 Å². The van der Waals surface area contributed by atoms with Gasteiger partial charge in [0.15, 0.2) is 16.6 Å². The Hall–Kier alpha value is -3.33. The van der Waals surface area contributed by atoms with Crippen molar-refractivity contribution in [3.8, 4) is 17.2 Å². The smallest absolute Gasteiger partial charge is 0.255 e. The summed E-state index contributed by atoms with van der Waals surface area (Å²) in [5.41, 5.74) is 1.66. The molecule has 2 aromatic carbocycles. The number of nitrogens with one attached hydrogen (secondary N) is 2. The first-order valence-corrected chi connectivity index (χ1v) is 11.4. The van der Waals surface area contributed by atoms with Crippen LogP contribution < -0.4 is 24.8 Å². The van der Waals surface area contributed by atoms with E-state index >= 15 is 0 Å². The highest BCUT2D eigenvalue weighted by Gasteiger charge is 2.19. The Kier molecular flexibility index (Phi) is 7.88. The number of hydrogen-bond donors (Lipinski definition) is 2. The molecule has 0 radical (unpaired) electrons. The van der Waals surface area contributed by atoms with Crippen LogP contribution in [-0.2, 0) is 4.79 Å². The molecule has 32 heavy (non-hydrogen) atoms. The molecule has 0 bridgehead atoms. The fraction of sp³-hybridized carbons (Fsp3) is 0.348. The molecule has 3 aromatic rings. The van der Waals surface area contributed by atoms with Crippen LogP contribution in [0.15, 0.2) is 30.3 Å². The number of nitrogens with zero attached hydrogens (tertiary/aromatic N) is 1. The van der Waals surface area contributed by atoms with Crippen LogP contribution in [-0.4, -0.2) is 36.6 Å². The van der Waals surface area contributed by atoms with Crippen LogP contribution in [0.4, 0.5) is 10.8 Å². The number of rotatable bonds is 10. The molecule has 0 fully saturated rings. The van der Waals surface area contributed by atoms with Crippen molar-refractivity contribution < 1.29 is 23.8 Å². The third-order valence-electron chi connectivity index (χ3n) is 4.38. The Balaban J connectivity index is 1.86. The van der Waals surface area contributed by atoms with E-state index in [1.165, 1.54) is 11.3 Å². The zero-order chi connectivity index (χ0) is 23.1. The predicted octanol–water partition coefficient (Wildman–Crippen LogP) is 5.09. The number of anilines is 2. The van der Waals surface area contributed by atoms with Gasteiger partial charge in [-0.2, -0.15) is 0 Å². The molecule has 0 saturated carbocycles. The Labute approximate surface area is 190 Å². The quantitative estimate of drug-likeness (QED) is 0.440. The number of hydrogen-bond acceptors (Lipinski definition) is 7. The van der Waals surface area contributed by atoms with Crippen LogP contribution in [0.25, 0.3) is 10.2 Å². The number of amides is 2. The number of aromatic nitrogens is 1. The molecular formula is C23H27N3O5S. The highest BCUT2D eigenvalue weighted by atomic mass is 32.1.